The van der Waals surface area contributed by atoms with Crippen LogP contribution in [0.15, 0.2) is 18.9 Å². The molecule has 64 valence electrons. The van der Waals surface area contributed by atoms with E-state index in [0.29, 0.717) is 17.2 Å². The highest BCUT2D eigenvalue weighted by molar-refractivity contribution is 7.80. The van der Waals surface area contributed by atoms with E-state index >= 15 is 0 Å². The van der Waals surface area contributed by atoms with Gasteiger partial charge in [0.25, 0.3) is 0 Å². The second kappa shape index (κ2) is 3.96. The van der Waals surface area contributed by atoms with Crippen LogP contribution >= 0.6 is 12.2 Å². The molecule has 0 radical (unpaired) electrons. The molecule has 0 saturated heterocycles. The lowest BCUT2D eigenvalue weighted by Gasteiger charge is -2.15. The molecule has 0 aliphatic rings. The summed E-state index contributed by atoms with van der Waals surface area (Å²) in [4.78, 5) is 2.55. The average Bonchev–Trinajstić information content (AvgIpc) is 2.55. The second-order valence-electron chi connectivity index (χ2n) is 2.33. The summed E-state index contributed by atoms with van der Waals surface area (Å²) in [6.07, 6.45) is 3.38. The van der Waals surface area contributed by atoms with E-state index in [1.54, 1.807) is 12.3 Å². The summed E-state index contributed by atoms with van der Waals surface area (Å²) in [5, 5.41) is 10.0. The van der Waals surface area contributed by atoms with Crippen molar-refractivity contribution in [2.24, 2.45) is 0 Å². The number of hydrogen-bond donors (Lipinski definition) is 1. The number of aromatic amines is 1. The number of rotatable bonds is 3. The number of H-pyrrole nitrogens is 1. The lowest BCUT2D eigenvalue weighted by molar-refractivity contribution is 0.574. The molecule has 12 heavy (non-hydrogen) atoms. The van der Waals surface area contributed by atoms with Crippen molar-refractivity contribution in [3.05, 3.63) is 24.5 Å². The summed E-state index contributed by atoms with van der Waals surface area (Å²) >= 11 is 5.12. The van der Waals surface area contributed by atoms with Crippen LogP contribution in [-0.2, 0) is 0 Å². The molecular formula is C7H10N4S. The first kappa shape index (κ1) is 8.86. The summed E-state index contributed by atoms with van der Waals surface area (Å²) < 4.78 is 0. The molecule has 0 atom stereocenters. The average molecular weight is 182 g/mol. The van der Waals surface area contributed by atoms with Crippen LogP contribution in [0.5, 0.6) is 0 Å². The van der Waals surface area contributed by atoms with E-state index in [9.17, 15) is 0 Å². The lowest BCUT2D eigenvalue weighted by atomic mass is 10.4. The second-order valence-corrected chi connectivity index (χ2v) is 2.72. The Labute approximate surface area is 76.3 Å². The van der Waals surface area contributed by atoms with E-state index in [2.05, 4.69) is 22.0 Å². The van der Waals surface area contributed by atoms with Crippen LogP contribution in [-0.4, -0.2) is 38.9 Å². The molecular weight excluding hydrogens is 172 g/mol. The topological polar surface area (TPSA) is 44.8 Å². The molecule has 1 aromatic heterocycles. The van der Waals surface area contributed by atoms with Gasteiger partial charge in [-0.15, -0.1) is 6.58 Å². The Morgan fingerprint density at radius 1 is 1.92 bits per heavy atom. The molecule has 0 aliphatic heterocycles. The van der Waals surface area contributed by atoms with Crippen LogP contribution in [0.2, 0.25) is 0 Å². The molecule has 1 rings (SSSR count). The Hall–Kier alpha value is -1.23. The summed E-state index contributed by atoms with van der Waals surface area (Å²) in [5.74, 6) is 0. The van der Waals surface area contributed by atoms with Crippen molar-refractivity contribution in [2.75, 3.05) is 13.6 Å². The van der Waals surface area contributed by atoms with Crippen molar-refractivity contribution in [2.45, 2.75) is 0 Å². The molecule has 0 amide bonds. The van der Waals surface area contributed by atoms with Crippen molar-refractivity contribution >= 4 is 17.2 Å². The minimum Gasteiger partial charge on any atom is -0.360 e. The Bertz CT molecular complexity index is 267. The summed E-state index contributed by atoms with van der Waals surface area (Å²) in [6, 6.07) is 0. The van der Waals surface area contributed by atoms with Gasteiger partial charge < -0.3 is 4.90 Å². The van der Waals surface area contributed by atoms with Crippen molar-refractivity contribution < 1.29 is 0 Å². The van der Waals surface area contributed by atoms with Gasteiger partial charge in [-0.2, -0.15) is 15.4 Å². The SMILES string of the molecule is C=CCN(C)C(=S)c1cn[nH]n1. The van der Waals surface area contributed by atoms with Gasteiger partial charge in [0, 0.05) is 13.6 Å². The first-order chi connectivity index (χ1) is 5.75. The van der Waals surface area contributed by atoms with Gasteiger partial charge in [-0.3, -0.25) is 0 Å². The summed E-state index contributed by atoms with van der Waals surface area (Å²) in [5.41, 5.74) is 0.689. The predicted octanol–water partition coefficient (Wildman–Crippen LogP) is 0.598. The Morgan fingerprint density at radius 2 is 2.67 bits per heavy atom. The van der Waals surface area contributed by atoms with Gasteiger partial charge in [0.2, 0.25) is 0 Å². The number of hydrogen-bond acceptors (Lipinski definition) is 3. The first-order valence-corrected chi connectivity index (χ1v) is 3.88. The van der Waals surface area contributed by atoms with Crippen molar-refractivity contribution in [3.8, 4) is 0 Å². The standard InChI is InChI=1S/C7H10N4S/c1-3-4-11(2)7(12)6-5-8-10-9-6/h3,5H,1,4H2,2H3,(H,8,9,10). The van der Waals surface area contributed by atoms with E-state index in [0.717, 1.165) is 0 Å². The fourth-order valence-corrected chi connectivity index (χ4v) is 0.950. The highest BCUT2D eigenvalue weighted by atomic mass is 32.1. The molecule has 1 aromatic rings. The highest BCUT2D eigenvalue weighted by Gasteiger charge is 2.07. The minimum atomic E-state index is 0.670. The fourth-order valence-electron chi connectivity index (χ4n) is 0.777. The monoisotopic (exact) mass is 182 g/mol. The van der Waals surface area contributed by atoms with E-state index < -0.39 is 0 Å². The van der Waals surface area contributed by atoms with Crippen LogP contribution in [0, 0.1) is 0 Å². The fraction of sp³-hybridized carbons (Fsp3) is 0.286. The summed E-state index contributed by atoms with van der Waals surface area (Å²) in [6.45, 7) is 4.33. The normalized spacial score (nSPS) is 9.42. The van der Waals surface area contributed by atoms with Gasteiger partial charge in [0.05, 0.1) is 6.20 Å². The third-order valence-corrected chi connectivity index (χ3v) is 1.90. The lowest BCUT2D eigenvalue weighted by Crippen LogP contribution is -2.25. The zero-order valence-electron chi connectivity index (χ0n) is 6.82. The largest absolute Gasteiger partial charge is 0.360 e. The molecule has 0 aromatic carbocycles. The minimum absolute atomic E-state index is 0.670. The molecule has 1 N–H and O–H groups in total. The number of nitrogens with one attached hydrogen (secondary N) is 1. The number of thiocarbonyl (C=S) groups is 1. The molecule has 4 nitrogen and oxygen atoms in total. The smallest absolute Gasteiger partial charge is 0.140 e. The molecule has 0 spiro atoms. The Kier molecular flexibility index (Phi) is 2.93. The summed E-state index contributed by atoms with van der Waals surface area (Å²) in [7, 11) is 1.89. The van der Waals surface area contributed by atoms with Crippen molar-refractivity contribution in [1.29, 1.82) is 0 Å². The number of nitrogens with zero attached hydrogens (tertiary/aromatic N) is 3. The van der Waals surface area contributed by atoms with E-state index in [4.69, 9.17) is 12.2 Å². The third kappa shape index (κ3) is 1.88. The van der Waals surface area contributed by atoms with Crippen LogP contribution in [0.4, 0.5) is 0 Å². The quantitative estimate of drug-likeness (QED) is 0.549. The zero-order chi connectivity index (χ0) is 8.97. The van der Waals surface area contributed by atoms with E-state index in [1.807, 2.05) is 11.9 Å². The molecule has 0 unspecified atom stereocenters. The van der Waals surface area contributed by atoms with Crippen LogP contribution < -0.4 is 0 Å². The van der Waals surface area contributed by atoms with Gasteiger partial charge in [0.1, 0.15) is 10.7 Å². The molecule has 0 saturated carbocycles. The van der Waals surface area contributed by atoms with Gasteiger partial charge in [-0.1, -0.05) is 18.3 Å². The Morgan fingerprint density at radius 3 is 3.17 bits per heavy atom. The van der Waals surface area contributed by atoms with Crippen LogP contribution in [0.3, 0.4) is 0 Å². The first-order valence-electron chi connectivity index (χ1n) is 3.48. The maximum absolute atomic E-state index is 5.12. The maximum atomic E-state index is 5.12. The predicted molar refractivity (Wildman–Crippen MR) is 50.9 cm³/mol. The van der Waals surface area contributed by atoms with Crippen LogP contribution in [0.25, 0.3) is 0 Å². The number of likely N-dealkylation sites (N-methyl/N-ethyl adjacent to an activating group) is 1. The molecule has 0 fully saturated rings. The van der Waals surface area contributed by atoms with Gasteiger partial charge >= 0.3 is 0 Å². The van der Waals surface area contributed by atoms with Crippen LogP contribution in [0.1, 0.15) is 5.69 Å². The van der Waals surface area contributed by atoms with Crippen molar-refractivity contribution in [1.82, 2.24) is 20.3 Å². The Balaban J connectivity index is 2.65. The third-order valence-electron chi connectivity index (χ3n) is 1.38. The molecule has 1 heterocycles. The maximum Gasteiger partial charge on any atom is 0.140 e. The van der Waals surface area contributed by atoms with E-state index in [-0.39, 0.29) is 0 Å². The number of aromatic nitrogens is 3. The zero-order valence-corrected chi connectivity index (χ0v) is 7.64. The molecule has 5 heteroatoms. The van der Waals surface area contributed by atoms with E-state index in [1.165, 1.54) is 0 Å². The van der Waals surface area contributed by atoms with Gasteiger partial charge in [0.15, 0.2) is 0 Å². The van der Waals surface area contributed by atoms with Crippen molar-refractivity contribution in [3.63, 3.8) is 0 Å². The van der Waals surface area contributed by atoms with Gasteiger partial charge in [-0.25, -0.2) is 0 Å². The molecule has 0 aliphatic carbocycles. The molecule has 0 bridgehead atoms. The highest BCUT2D eigenvalue weighted by Crippen LogP contribution is 1.98. The van der Waals surface area contributed by atoms with Gasteiger partial charge in [-0.05, 0) is 0 Å².